The second-order valence-corrected chi connectivity index (χ2v) is 6.03. The molecule has 0 amide bonds. The molecule has 0 unspecified atom stereocenters. The number of benzene rings is 1. The molecule has 1 aromatic rings. The molecule has 0 aromatic heterocycles. The molecule has 0 heterocycles. The second kappa shape index (κ2) is 7.79. The van der Waals surface area contributed by atoms with Crippen LogP contribution in [0.2, 0.25) is 5.02 Å². The first kappa shape index (κ1) is 18.0. The maximum Gasteiger partial charge on any atom is 0.341 e. The molecule has 0 bridgehead atoms. The van der Waals surface area contributed by atoms with Crippen LogP contribution in [-0.4, -0.2) is 24.5 Å². The van der Waals surface area contributed by atoms with E-state index in [2.05, 4.69) is 6.58 Å². The van der Waals surface area contributed by atoms with E-state index in [9.17, 15) is 9.59 Å². The SMILES string of the molecule is C=C(C(=O)OCC)C(=O)c1cc(I)c(OC(C)C)cc1Cl. The van der Waals surface area contributed by atoms with Crippen molar-refractivity contribution in [3.63, 3.8) is 0 Å². The molecule has 1 rings (SSSR count). The third-order valence-corrected chi connectivity index (χ3v) is 3.58. The molecule has 0 spiro atoms. The molecule has 6 heteroatoms. The third kappa shape index (κ3) is 4.71. The summed E-state index contributed by atoms with van der Waals surface area (Å²) in [5.74, 6) is -0.697. The van der Waals surface area contributed by atoms with Crippen molar-refractivity contribution in [3.8, 4) is 5.75 Å². The molecule has 0 fully saturated rings. The number of carbonyl (C=O) groups excluding carboxylic acids is 2. The number of carbonyl (C=O) groups is 2. The fraction of sp³-hybridized carbons (Fsp3) is 0.333. The van der Waals surface area contributed by atoms with Gasteiger partial charge in [0.15, 0.2) is 0 Å². The zero-order valence-corrected chi connectivity index (χ0v) is 14.9. The normalized spacial score (nSPS) is 10.4. The largest absolute Gasteiger partial charge is 0.490 e. The van der Waals surface area contributed by atoms with Crippen molar-refractivity contribution < 1.29 is 19.1 Å². The summed E-state index contributed by atoms with van der Waals surface area (Å²) in [5.41, 5.74) is -0.0395. The minimum absolute atomic E-state index is 0.00867. The number of hydrogen-bond donors (Lipinski definition) is 0. The van der Waals surface area contributed by atoms with Crippen LogP contribution in [0.4, 0.5) is 0 Å². The number of hydrogen-bond acceptors (Lipinski definition) is 4. The van der Waals surface area contributed by atoms with Gasteiger partial charge in [0.2, 0.25) is 5.78 Å². The Labute approximate surface area is 142 Å². The highest BCUT2D eigenvalue weighted by molar-refractivity contribution is 14.1. The summed E-state index contributed by atoms with van der Waals surface area (Å²) >= 11 is 8.15. The van der Waals surface area contributed by atoms with E-state index in [0.29, 0.717) is 5.75 Å². The highest BCUT2D eigenvalue weighted by atomic mass is 127. The van der Waals surface area contributed by atoms with Crippen molar-refractivity contribution in [2.24, 2.45) is 0 Å². The van der Waals surface area contributed by atoms with E-state index in [1.54, 1.807) is 19.1 Å². The molecule has 114 valence electrons. The van der Waals surface area contributed by atoms with Crippen molar-refractivity contribution in [2.75, 3.05) is 6.61 Å². The lowest BCUT2D eigenvalue weighted by molar-refractivity contribution is -0.138. The molecule has 0 saturated heterocycles. The number of halogens is 2. The fourth-order valence-electron chi connectivity index (χ4n) is 1.52. The van der Waals surface area contributed by atoms with E-state index < -0.39 is 11.8 Å². The van der Waals surface area contributed by atoms with E-state index in [4.69, 9.17) is 21.1 Å². The minimum atomic E-state index is -0.740. The average molecular weight is 423 g/mol. The van der Waals surface area contributed by atoms with E-state index in [1.165, 1.54) is 0 Å². The van der Waals surface area contributed by atoms with Crippen LogP contribution in [0.3, 0.4) is 0 Å². The summed E-state index contributed by atoms with van der Waals surface area (Å²) in [5, 5.41) is 0.210. The molecular weight excluding hydrogens is 407 g/mol. The van der Waals surface area contributed by atoms with Gasteiger partial charge in [0.25, 0.3) is 0 Å². The average Bonchev–Trinajstić information content (AvgIpc) is 2.40. The summed E-state index contributed by atoms with van der Waals surface area (Å²) < 4.78 is 11.1. The second-order valence-electron chi connectivity index (χ2n) is 4.46. The summed E-state index contributed by atoms with van der Waals surface area (Å²) in [6.07, 6.45) is -0.00867. The third-order valence-electron chi connectivity index (χ3n) is 2.42. The van der Waals surface area contributed by atoms with Gasteiger partial charge in [0, 0.05) is 11.6 Å². The molecule has 0 aliphatic heterocycles. The van der Waals surface area contributed by atoms with Gasteiger partial charge >= 0.3 is 5.97 Å². The highest BCUT2D eigenvalue weighted by Crippen LogP contribution is 2.30. The van der Waals surface area contributed by atoms with Gasteiger partial charge < -0.3 is 9.47 Å². The zero-order valence-electron chi connectivity index (χ0n) is 12.0. The monoisotopic (exact) mass is 422 g/mol. The number of esters is 1. The topological polar surface area (TPSA) is 52.6 Å². The van der Waals surface area contributed by atoms with Gasteiger partial charge in [-0.05, 0) is 49.4 Å². The standard InChI is InChI=1S/C15H16ClIO4/c1-5-20-15(19)9(4)14(18)10-6-12(17)13(7-11(10)16)21-8(2)3/h6-8H,4-5H2,1-3H3. The first-order chi connectivity index (χ1) is 9.77. The van der Waals surface area contributed by atoms with Crippen molar-refractivity contribution >= 4 is 45.9 Å². The number of ketones is 1. The summed E-state index contributed by atoms with van der Waals surface area (Å²) in [7, 11) is 0. The molecular formula is C15H16ClIO4. The molecule has 4 nitrogen and oxygen atoms in total. The van der Waals surface area contributed by atoms with Crippen molar-refractivity contribution in [1.82, 2.24) is 0 Å². The molecule has 0 aliphatic rings. The van der Waals surface area contributed by atoms with Crippen LogP contribution in [-0.2, 0) is 9.53 Å². The maximum absolute atomic E-state index is 12.2. The smallest absolute Gasteiger partial charge is 0.341 e. The Kier molecular flexibility index (Phi) is 6.67. The van der Waals surface area contributed by atoms with E-state index >= 15 is 0 Å². The van der Waals surface area contributed by atoms with Gasteiger partial charge in [-0.25, -0.2) is 4.79 Å². The Hall–Kier alpha value is -1.08. The first-order valence-electron chi connectivity index (χ1n) is 6.34. The lowest BCUT2D eigenvalue weighted by atomic mass is 10.0. The lowest BCUT2D eigenvalue weighted by Gasteiger charge is -2.14. The van der Waals surface area contributed by atoms with Crippen LogP contribution in [0.1, 0.15) is 31.1 Å². The van der Waals surface area contributed by atoms with Crippen molar-refractivity contribution in [2.45, 2.75) is 26.9 Å². The van der Waals surface area contributed by atoms with Gasteiger partial charge in [0.1, 0.15) is 11.3 Å². The van der Waals surface area contributed by atoms with Gasteiger partial charge in [-0.2, -0.15) is 0 Å². The van der Waals surface area contributed by atoms with Crippen LogP contribution < -0.4 is 4.74 Å². The fourth-order valence-corrected chi connectivity index (χ4v) is 2.35. The maximum atomic E-state index is 12.2. The highest BCUT2D eigenvalue weighted by Gasteiger charge is 2.22. The Morgan fingerprint density at radius 2 is 2.00 bits per heavy atom. The van der Waals surface area contributed by atoms with E-state index in [0.717, 1.165) is 3.57 Å². The first-order valence-corrected chi connectivity index (χ1v) is 7.80. The molecule has 0 atom stereocenters. The van der Waals surface area contributed by atoms with Gasteiger partial charge in [-0.3, -0.25) is 4.79 Å². The summed E-state index contributed by atoms with van der Waals surface area (Å²) in [6, 6.07) is 3.14. The zero-order chi connectivity index (χ0) is 16.2. The summed E-state index contributed by atoms with van der Waals surface area (Å²) in [6.45, 7) is 9.10. The molecule has 1 aromatic carbocycles. The predicted octanol–water partition coefficient (Wildman–Crippen LogP) is 4.03. The Bertz CT molecular complexity index is 581. The molecule has 0 N–H and O–H groups in total. The molecule has 0 radical (unpaired) electrons. The van der Waals surface area contributed by atoms with Crippen molar-refractivity contribution in [3.05, 3.63) is 38.4 Å². The Morgan fingerprint density at radius 3 is 2.52 bits per heavy atom. The molecule has 0 saturated carbocycles. The molecule has 21 heavy (non-hydrogen) atoms. The number of Topliss-reactive ketones (excluding diaryl/α,β-unsaturated/α-hetero) is 1. The lowest BCUT2D eigenvalue weighted by Crippen LogP contribution is -2.16. The predicted molar refractivity (Wildman–Crippen MR) is 90.0 cm³/mol. The van der Waals surface area contributed by atoms with Gasteiger partial charge in [-0.15, -0.1) is 0 Å². The van der Waals surface area contributed by atoms with Crippen LogP contribution in [0.15, 0.2) is 24.3 Å². The quantitative estimate of drug-likeness (QED) is 0.173. The number of rotatable bonds is 6. The van der Waals surface area contributed by atoms with Crippen LogP contribution in [0.5, 0.6) is 5.75 Å². The Morgan fingerprint density at radius 1 is 1.38 bits per heavy atom. The Balaban J connectivity index is 3.09. The van der Waals surface area contributed by atoms with Crippen LogP contribution in [0.25, 0.3) is 0 Å². The van der Waals surface area contributed by atoms with Crippen LogP contribution in [0, 0.1) is 3.57 Å². The molecule has 0 aliphatic carbocycles. The van der Waals surface area contributed by atoms with E-state index in [-0.39, 0.29) is 28.9 Å². The summed E-state index contributed by atoms with van der Waals surface area (Å²) in [4.78, 5) is 23.8. The van der Waals surface area contributed by atoms with Gasteiger partial charge in [0.05, 0.1) is 21.3 Å². The number of ether oxygens (including phenoxy) is 2. The van der Waals surface area contributed by atoms with Gasteiger partial charge in [-0.1, -0.05) is 18.2 Å². The minimum Gasteiger partial charge on any atom is -0.490 e. The van der Waals surface area contributed by atoms with E-state index in [1.807, 2.05) is 36.4 Å². The van der Waals surface area contributed by atoms with Crippen molar-refractivity contribution in [1.29, 1.82) is 0 Å². The van der Waals surface area contributed by atoms with Crippen LogP contribution >= 0.6 is 34.2 Å².